The summed E-state index contributed by atoms with van der Waals surface area (Å²) in [5.41, 5.74) is 1.77. The van der Waals surface area contributed by atoms with Gasteiger partial charge in [-0.25, -0.2) is 15.0 Å². The first kappa shape index (κ1) is 13.8. The Morgan fingerprint density at radius 2 is 2.21 bits per heavy atom. The molecular weight excluding hydrogens is 324 g/mol. The molecule has 1 N–H and O–H groups in total. The number of anilines is 1. The fourth-order valence-electron chi connectivity index (χ4n) is 3.08. The first-order valence-electron chi connectivity index (χ1n) is 7.74. The topological polar surface area (TPSA) is 79.8 Å². The zero-order valence-electron chi connectivity index (χ0n) is 12.7. The second-order valence-corrected chi connectivity index (χ2v) is 6.70. The highest BCUT2D eigenvalue weighted by atomic mass is 32.1. The number of hydrogen-bond acceptors (Lipinski definition) is 7. The summed E-state index contributed by atoms with van der Waals surface area (Å²) in [5.74, 6) is 0.876. The summed E-state index contributed by atoms with van der Waals surface area (Å²) in [6.07, 6.45) is 3.34. The highest BCUT2D eigenvalue weighted by molar-refractivity contribution is 7.18. The number of fused-ring (bicyclic) bond motifs is 2. The summed E-state index contributed by atoms with van der Waals surface area (Å²) < 4.78 is 6.92. The van der Waals surface area contributed by atoms with E-state index < -0.39 is 0 Å². The minimum atomic E-state index is 0.0455. The maximum atomic E-state index is 5.74. The van der Waals surface area contributed by atoms with Crippen molar-refractivity contribution in [2.45, 2.75) is 6.04 Å². The average Bonchev–Trinajstić information content (AvgIpc) is 3.28. The summed E-state index contributed by atoms with van der Waals surface area (Å²) in [5, 5.41) is 8.96. The predicted octanol–water partition coefficient (Wildman–Crippen LogP) is 2.54. The SMILES string of the molecule is c1ccc2sc(C3COCCN3c3ncnc4[nH]ncc34)nc2c1. The third-order valence-corrected chi connectivity index (χ3v) is 5.36. The summed E-state index contributed by atoms with van der Waals surface area (Å²) in [4.78, 5) is 15.8. The van der Waals surface area contributed by atoms with Gasteiger partial charge in [0.2, 0.25) is 0 Å². The maximum absolute atomic E-state index is 5.74. The van der Waals surface area contributed by atoms with Gasteiger partial charge in [0.05, 0.1) is 35.0 Å². The van der Waals surface area contributed by atoms with Crippen molar-refractivity contribution >= 4 is 38.4 Å². The molecule has 0 spiro atoms. The molecule has 1 atom stereocenters. The van der Waals surface area contributed by atoms with Gasteiger partial charge in [0.15, 0.2) is 5.65 Å². The first-order chi connectivity index (χ1) is 11.9. The van der Waals surface area contributed by atoms with Gasteiger partial charge < -0.3 is 9.64 Å². The maximum Gasteiger partial charge on any atom is 0.160 e. The van der Waals surface area contributed by atoms with Crippen LogP contribution in [0.15, 0.2) is 36.8 Å². The van der Waals surface area contributed by atoms with Crippen LogP contribution in [0.25, 0.3) is 21.3 Å². The quantitative estimate of drug-likeness (QED) is 0.605. The zero-order valence-corrected chi connectivity index (χ0v) is 13.5. The van der Waals surface area contributed by atoms with Crippen LogP contribution in [0, 0.1) is 0 Å². The minimum Gasteiger partial charge on any atom is -0.377 e. The second kappa shape index (κ2) is 5.50. The van der Waals surface area contributed by atoms with E-state index in [4.69, 9.17) is 9.72 Å². The van der Waals surface area contributed by atoms with E-state index in [-0.39, 0.29) is 6.04 Å². The van der Waals surface area contributed by atoms with Crippen molar-refractivity contribution in [3.8, 4) is 0 Å². The van der Waals surface area contributed by atoms with Crippen LogP contribution in [-0.4, -0.2) is 44.9 Å². The van der Waals surface area contributed by atoms with E-state index in [9.17, 15) is 0 Å². The van der Waals surface area contributed by atoms with Crippen molar-refractivity contribution in [2.24, 2.45) is 0 Å². The van der Waals surface area contributed by atoms with Crippen LogP contribution in [0.1, 0.15) is 11.0 Å². The van der Waals surface area contributed by atoms with Gasteiger partial charge >= 0.3 is 0 Å². The summed E-state index contributed by atoms with van der Waals surface area (Å²) in [6, 6.07) is 8.24. The summed E-state index contributed by atoms with van der Waals surface area (Å²) in [6.45, 7) is 2.03. The van der Waals surface area contributed by atoms with Gasteiger partial charge in [-0.05, 0) is 12.1 Å². The third kappa shape index (κ3) is 2.15. The molecule has 8 heteroatoms. The van der Waals surface area contributed by atoms with E-state index in [0.717, 1.165) is 33.9 Å². The van der Waals surface area contributed by atoms with Gasteiger partial charge in [-0.2, -0.15) is 5.10 Å². The molecule has 1 unspecified atom stereocenters. The average molecular weight is 338 g/mol. The lowest BCUT2D eigenvalue weighted by Gasteiger charge is -2.35. The Morgan fingerprint density at radius 3 is 3.17 bits per heavy atom. The number of aromatic amines is 1. The van der Waals surface area contributed by atoms with Crippen LogP contribution in [0.5, 0.6) is 0 Å². The van der Waals surface area contributed by atoms with E-state index in [1.165, 1.54) is 4.70 Å². The Balaban J connectivity index is 1.62. The summed E-state index contributed by atoms with van der Waals surface area (Å²) >= 11 is 1.71. The number of benzene rings is 1. The Kier molecular flexibility index (Phi) is 3.17. The van der Waals surface area contributed by atoms with Crippen LogP contribution < -0.4 is 4.90 Å². The number of hydrogen-bond donors (Lipinski definition) is 1. The van der Waals surface area contributed by atoms with Gasteiger partial charge in [-0.1, -0.05) is 12.1 Å². The molecule has 1 aliphatic rings. The Hall–Kier alpha value is -2.58. The molecule has 0 aliphatic carbocycles. The molecular formula is C16H14N6OS. The number of nitrogens with one attached hydrogen (secondary N) is 1. The number of H-pyrrole nitrogens is 1. The van der Waals surface area contributed by atoms with Gasteiger partial charge in [0, 0.05) is 6.54 Å². The molecule has 1 aromatic carbocycles. The van der Waals surface area contributed by atoms with Gasteiger partial charge in [-0.3, -0.25) is 5.10 Å². The number of para-hydroxylation sites is 1. The molecule has 7 nitrogen and oxygen atoms in total. The normalized spacial score (nSPS) is 18.5. The van der Waals surface area contributed by atoms with Crippen LogP contribution in [0.4, 0.5) is 5.82 Å². The van der Waals surface area contributed by atoms with Crippen LogP contribution in [0.3, 0.4) is 0 Å². The lowest BCUT2D eigenvalue weighted by atomic mass is 10.2. The van der Waals surface area contributed by atoms with Crippen molar-refractivity contribution in [3.63, 3.8) is 0 Å². The molecule has 1 aliphatic heterocycles. The van der Waals surface area contributed by atoms with Crippen molar-refractivity contribution in [1.29, 1.82) is 0 Å². The number of nitrogens with zero attached hydrogens (tertiary/aromatic N) is 5. The van der Waals surface area contributed by atoms with Gasteiger partial charge in [-0.15, -0.1) is 11.3 Å². The van der Waals surface area contributed by atoms with E-state index in [1.54, 1.807) is 23.9 Å². The van der Waals surface area contributed by atoms with Gasteiger partial charge in [0.25, 0.3) is 0 Å². The molecule has 4 heterocycles. The molecule has 1 saturated heterocycles. The Labute approximate surface area is 141 Å². The van der Waals surface area contributed by atoms with E-state index in [1.807, 2.05) is 18.2 Å². The highest BCUT2D eigenvalue weighted by Gasteiger charge is 2.30. The lowest BCUT2D eigenvalue weighted by Crippen LogP contribution is -2.40. The standard InChI is InChI=1S/C16H14N6OS/c1-2-4-13-11(3-1)20-16(24-13)12-8-23-6-5-22(12)15-10-7-19-21-14(10)17-9-18-15/h1-4,7,9,12H,5-6,8H2,(H,17,18,19,21). The van der Waals surface area contributed by atoms with E-state index in [2.05, 4.69) is 31.1 Å². The zero-order chi connectivity index (χ0) is 15.9. The number of ether oxygens (including phenoxy) is 1. The predicted molar refractivity (Wildman–Crippen MR) is 92.2 cm³/mol. The molecule has 1 fully saturated rings. The lowest BCUT2D eigenvalue weighted by molar-refractivity contribution is 0.0938. The first-order valence-corrected chi connectivity index (χ1v) is 8.56. The number of rotatable bonds is 2. The van der Waals surface area contributed by atoms with Crippen LogP contribution in [0.2, 0.25) is 0 Å². The molecule has 5 rings (SSSR count). The fourth-order valence-corrected chi connectivity index (χ4v) is 4.14. The van der Waals surface area contributed by atoms with E-state index >= 15 is 0 Å². The number of morpholine rings is 1. The molecule has 4 aromatic rings. The smallest absolute Gasteiger partial charge is 0.160 e. The monoisotopic (exact) mass is 338 g/mol. The Morgan fingerprint density at radius 1 is 1.25 bits per heavy atom. The van der Waals surface area contributed by atoms with E-state index in [0.29, 0.717) is 13.2 Å². The molecule has 0 bridgehead atoms. The molecule has 120 valence electrons. The highest BCUT2D eigenvalue weighted by Crippen LogP contribution is 2.35. The van der Waals surface area contributed by atoms with Crippen LogP contribution >= 0.6 is 11.3 Å². The van der Waals surface area contributed by atoms with Crippen molar-refractivity contribution in [1.82, 2.24) is 25.1 Å². The third-order valence-electron chi connectivity index (χ3n) is 4.22. The molecule has 0 radical (unpaired) electrons. The molecule has 0 amide bonds. The van der Waals surface area contributed by atoms with Crippen molar-refractivity contribution < 1.29 is 4.74 Å². The summed E-state index contributed by atoms with van der Waals surface area (Å²) in [7, 11) is 0. The molecule has 24 heavy (non-hydrogen) atoms. The van der Waals surface area contributed by atoms with Crippen molar-refractivity contribution in [2.75, 3.05) is 24.7 Å². The van der Waals surface area contributed by atoms with Gasteiger partial charge in [0.1, 0.15) is 23.2 Å². The largest absolute Gasteiger partial charge is 0.377 e. The number of aromatic nitrogens is 5. The molecule has 3 aromatic heterocycles. The fraction of sp³-hybridized carbons (Fsp3) is 0.250. The second-order valence-electron chi connectivity index (χ2n) is 5.63. The minimum absolute atomic E-state index is 0.0455. The van der Waals surface area contributed by atoms with Crippen molar-refractivity contribution in [3.05, 3.63) is 41.8 Å². The van der Waals surface area contributed by atoms with Crippen LogP contribution in [-0.2, 0) is 4.74 Å². The number of thiazole rings is 1. The molecule has 0 saturated carbocycles. The Bertz CT molecular complexity index is 979.